The topological polar surface area (TPSA) is 60.9 Å². The van der Waals surface area contributed by atoms with Crippen molar-refractivity contribution in [2.24, 2.45) is 5.10 Å². The summed E-state index contributed by atoms with van der Waals surface area (Å²) in [6.07, 6.45) is 4.79. The van der Waals surface area contributed by atoms with Crippen molar-refractivity contribution in [2.45, 2.75) is 13.5 Å². The smallest absolute Gasteiger partial charge is 0.154 e. The van der Waals surface area contributed by atoms with Gasteiger partial charge in [0.15, 0.2) is 5.82 Å². The summed E-state index contributed by atoms with van der Waals surface area (Å²) in [5, 5.41) is 11.6. The molecule has 0 fully saturated rings. The van der Waals surface area contributed by atoms with E-state index in [1.807, 2.05) is 18.2 Å². The van der Waals surface area contributed by atoms with Gasteiger partial charge in [0.1, 0.15) is 12.7 Å². The number of aromatic nitrogens is 5. The Morgan fingerprint density at radius 1 is 1.22 bits per heavy atom. The number of nitrogens with zero attached hydrogens (tertiary/aromatic N) is 6. The highest BCUT2D eigenvalue weighted by molar-refractivity contribution is 5.84. The van der Waals surface area contributed by atoms with Crippen LogP contribution in [0.1, 0.15) is 12.7 Å². The molecule has 6 nitrogen and oxygen atoms in total. The molecule has 0 radical (unpaired) electrons. The van der Waals surface area contributed by atoms with E-state index in [1.54, 1.807) is 10.9 Å². The van der Waals surface area contributed by atoms with Crippen molar-refractivity contribution in [3.8, 4) is 0 Å². The molecule has 3 aromatic rings. The summed E-state index contributed by atoms with van der Waals surface area (Å²) >= 11 is 0. The van der Waals surface area contributed by atoms with Crippen molar-refractivity contribution in [1.82, 2.24) is 24.4 Å². The summed E-state index contributed by atoms with van der Waals surface area (Å²) in [6.45, 7) is 2.94. The van der Waals surface area contributed by atoms with Crippen LogP contribution in [0.5, 0.6) is 0 Å². The molecule has 0 spiro atoms. The molecular formula is C12H12N6. The van der Waals surface area contributed by atoms with Gasteiger partial charge in [-0.3, -0.25) is 0 Å². The van der Waals surface area contributed by atoms with Gasteiger partial charge in [0.2, 0.25) is 0 Å². The molecule has 90 valence electrons. The van der Waals surface area contributed by atoms with E-state index in [0.717, 1.165) is 23.4 Å². The number of rotatable bonds is 3. The highest BCUT2D eigenvalue weighted by atomic mass is 15.4. The predicted octanol–water partition coefficient (Wildman–Crippen LogP) is 1.53. The van der Waals surface area contributed by atoms with E-state index in [4.69, 9.17) is 0 Å². The average Bonchev–Trinajstić information content (AvgIpc) is 3.03. The number of hydrogen-bond acceptors (Lipinski definition) is 4. The van der Waals surface area contributed by atoms with Crippen molar-refractivity contribution < 1.29 is 0 Å². The molecule has 0 atom stereocenters. The van der Waals surface area contributed by atoms with Gasteiger partial charge in [-0.05, 0) is 19.1 Å². The van der Waals surface area contributed by atoms with Crippen molar-refractivity contribution in [3.63, 3.8) is 0 Å². The molecule has 1 aromatic carbocycles. The average molecular weight is 240 g/mol. The van der Waals surface area contributed by atoms with Gasteiger partial charge in [-0.25, -0.2) is 9.66 Å². The normalized spacial score (nSPS) is 11.6. The number of hydrogen-bond donors (Lipinski definition) is 0. The number of benzene rings is 1. The minimum atomic E-state index is 0.826. The van der Waals surface area contributed by atoms with Crippen LogP contribution in [0.4, 0.5) is 0 Å². The largest absolute Gasteiger partial charge is 0.323 e. The Hall–Kier alpha value is -2.50. The van der Waals surface area contributed by atoms with Gasteiger partial charge in [0.25, 0.3) is 0 Å². The van der Waals surface area contributed by atoms with Crippen LogP contribution < -0.4 is 0 Å². The Balaban J connectivity index is 2.06. The number of para-hydroxylation sites is 2. The molecule has 0 bridgehead atoms. The molecule has 3 rings (SSSR count). The summed E-state index contributed by atoms with van der Waals surface area (Å²) in [5.74, 6) is 0.826. The van der Waals surface area contributed by atoms with E-state index >= 15 is 0 Å². The van der Waals surface area contributed by atoms with E-state index in [2.05, 4.69) is 37.8 Å². The molecule has 0 N–H and O–H groups in total. The van der Waals surface area contributed by atoms with E-state index in [1.165, 1.54) is 12.7 Å². The lowest BCUT2D eigenvalue weighted by atomic mass is 10.3. The summed E-state index contributed by atoms with van der Waals surface area (Å²) in [4.78, 5) is 4.54. The van der Waals surface area contributed by atoms with Gasteiger partial charge < -0.3 is 4.57 Å². The molecule has 2 heterocycles. The molecule has 0 aliphatic heterocycles. The fraction of sp³-hybridized carbons (Fsp3) is 0.167. The van der Waals surface area contributed by atoms with Crippen LogP contribution in [-0.2, 0) is 6.54 Å². The molecule has 0 aliphatic rings. The van der Waals surface area contributed by atoms with Crippen molar-refractivity contribution in [2.75, 3.05) is 0 Å². The van der Waals surface area contributed by atoms with Gasteiger partial charge >= 0.3 is 0 Å². The summed E-state index contributed by atoms with van der Waals surface area (Å²) in [6, 6.07) is 8.05. The first-order chi connectivity index (χ1) is 8.88. The second-order valence-corrected chi connectivity index (χ2v) is 3.79. The highest BCUT2D eigenvalue weighted by Crippen LogP contribution is 2.14. The van der Waals surface area contributed by atoms with Gasteiger partial charge in [0, 0.05) is 6.54 Å². The second kappa shape index (κ2) is 4.40. The zero-order valence-corrected chi connectivity index (χ0v) is 9.93. The van der Waals surface area contributed by atoms with E-state index in [9.17, 15) is 0 Å². The monoisotopic (exact) mass is 240 g/mol. The third kappa shape index (κ3) is 1.77. The Kier molecular flexibility index (Phi) is 2.60. The van der Waals surface area contributed by atoms with Gasteiger partial charge in [-0.15, -0.1) is 10.2 Å². The SMILES string of the molecule is CCn1c(/C=N/n2cnnc2)nc2ccccc21. The van der Waals surface area contributed by atoms with Gasteiger partial charge in [-0.1, -0.05) is 12.1 Å². The quantitative estimate of drug-likeness (QED) is 0.652. The Morgan fingerprint density at radius 3 is 2.78 bits per heavy atom. The Labute approximate surface area is 104 Å². The lowest BCUT2D eigenvalue weighted by Crippen LogP contribution is -2.01. The van der Waals surface area contributed by atoms with Crippen LogP contribution in [0.3, 0.4) is 0 Å². The van der Waals surface area contributed by atoms with Crippen LogP contribution >= 0.6 is 0 Å². The number of fused-ring (bicyclic) bond motifs is 1. The third-order valence-electron chi connectivity index (χ3n) is 2.71. The number of imidazole rings is 1. The minimum Gasteiger partial charge on any atom is -0.323 e. The second-order valence-electron chi connectivity index (χ2n) is 3.79. The van der Waals surface area contributed by atoms with Crippen LogP contribution in [0.25, 0.3) is 11.0 Å². The lowest BCUT2D eigenvalue weighted by molar-refractivity contribution is 0.776. The molecular weight excluding hydrogens is 228 g/mol. The predicted molar refractivity (Wildman–Crippen MR) is 68.4 cm³/mol. The highest BCUT2D eigenvalue weighted by Gasteiger charge is 2.06. The van der Waals surface area contributed by atoms with Crippen molar-refractivity contribution in [1.29, 1.82) is 0 Å². The van der Waals surface area contributed by atoms with E-state index in [0.29, 0.717) is 0 Å². The van der Waals surface area contributed by atoms with Crippen molar-refractivity contribution in [3.05, 3.63) is 42.7 Å². The molecule has 6 heteroatoms. The fourth-order valence-corrected chi connectivity index (χ4v) is 1.90. The minimum absolute atomic E-state index is 0.826. The standard InChI is InChI=1S/C12H12N6/c1-2-18-11-6-4-3-5-10(11)16-12(18)7-15-17-8-13-14-9-17/h3-9H,2H2,1H3/b15-7+. The van der Waals surface area contributed by atoms with Crippen LogP contribution in [0, 0.1) is 0 Å². The van der Waals surface area contributed by atoms with Crippen LogP contribution in [-0.4, -0.2) is 30.6 Å². The van der Waals surface area contributed by atoms with E-state index < -0.39 is 0 Å². The maximum atomic E-state index is 4.54. The van der Waals surface area contributed by atoms with Gasteiger partial charge in [0.05, 0.1) is 17.2 Å². The first-order valence-electron chi connectivity index (χ1n) is 5.72. The zero-order chi connectivity index (χ0) is 12.4. The summed E-state index contributed by atoms with van der Waals surface area (Å²) in [7, 11) is 0. The first kappa shape index (κ1) is 10.6. The Morgan fingerprint density at radius 2 is 2.00 bits per heavy atom. The summed E-state index contributed by atoms with van der Waals surface area (Å²) in [5.41, 5.74) is 2.09. The van der Waals surface area contributed by atoms with E-state index in [-0.39, 0.29) is 0 Å². The zero-order valence-electron chi connectivity index (χ0n) is 9.93. The fourth-order valence-electron chi connectivity index (χ4n) is 1.90. The maximum absolute atomic E-state index is 4.54. The molecule has 0 saturated heterocycles. The molecule has 0 saturated carbocycles. The van der Waals surface area contributed by atoms with Crippen molar-refractivity contribution >= 4 is 17.2 Å². The molecule has 0 unspecified atom stereocenters. The van der Waals surface area contributed by atoms with Crippen LogP contribution in [0.2, 0.25) is 0 Å². The first-order valence-corrected chi connectivity index (χ1v) is 5.72. The Bertz CT molecular complexity index is 680. The maximum Gasteiger partial charge on any atom is 0.154 e. The molecule has 0 amide bonds. The molecule has 0 aliphatic carbocycles. The summed E-state index contributed by atoms with van der Waals surface area (Å²) < 4.78 is 3.66. The van der Waals surface area contributed by atoms with Gasteiger partial charge in [-0.2, -0.15) is 5.10 Å². The molecule has 18 heavy (non-hydrogen) atoms. The van der Waals surface area contributed by atoms with Crippen LogP contribution in [0.15, 0.2) is 42.0 Å². The number of aryl methyl sites for hydroxylation is 1. The lowest BCUT2D eigenvalue weighted by Gasteiger charge is -2.01. The third-order valence-corrected chi connectivity index (χ3v) is 2.71. The molecule has 2 aromatic heterocycles.